The van der Waals surface area contributed by atoms with E-state index in [9.17, 15) is 0 Å². The van der Waals surface area contributed by atoms with E-state index < -0.39 is 0 Å². The molecule has 0 radical (unpaired) electrons. The number of hydrogen-bond donors (Lipinski definition) is 1. The van der Waals surface area contributed by atoms with Crippen LogP contribution in [0.5, 0.6) is 0 Å². The molecule has 0 bridgehead atoms. The summed E-state index contributed by atoms with van der Waals surface area (Å²) in [5.74, 6) is 0. The quantitative estimate of drug-likeness (QED) is 0.774. The maximum atomic E-state index is 5.11. The lowest BCUT2D eigenvalue weighted by atomic mass is 10.1. The molecule has 84 valence electrons. The van der Waals surface area contributed by atoms with E-state index in [0.717, 1.165) is 13.0 Å². The van der Waals surface area contributed by atoms with Crippen molar-refractivity contribution in [2.45, 2.75) is 32.7 Å². The van der Waals surface area contributed by atoms with Gasteiger partial charge in [0.25, 0.3) is 0 Å². The molecule has 0 spiro atoms. The molecule has 0 aliphatic carbocycles. The summed E-state index contributed by atoms with van der Waals surface area (Å²) in [4.78, 5) is 0. The first-order valence-corrected chi connectivity index (χ1v) is 5.61. The first kappa shape index (κ1) is 12.1. The minimum atomic E-state index is 0.355. The third-order valence-corrected chi connectivity index (χ3v) is 2.36. The smallest absolute Gasteiger partial charge is 0.0661 e. The van der Waals surface area contributed by atoms with Crippen molar-refractivity contribution in [1.29, 1.82) is 0 Å². The van der Waals surface area contributed by atoms with Gasteiger partial charge in [0.1, 0.15) is 0 Å². The second-order valence-electron chi connectivity index (χ2n) is 3.91. The highest BCUT2D eigenvalue weighted by Gasteiger charge is 2.04. The van der Waals surface area contributed by atoms with Crippen molar-refractivity contribution >= 4 is 5.69 Å². The zero-order chi connectivity index (χ0) is 11.1. The average Bonchev–Trinajstić information content (AvgIpc) is 2.21. The van der Waals surface area contributed by atoms with Crippen LogP contribution in [0.25, 0.3) is 0 Å². The Labute approximate surface area is 92.6 Å². The van der Waals surface area contributed by atoms with Gasteiger partial charge < -0.3 is 10.1 Å². The number of benzene rings is 1. The molecular formula is C13H21NO. The Morgan fingerprint density at radius 1 is 1.33 bits per heavy atom. The van der Waals surface area contributed by atoms with Crippen molar-refractivity contribution in [3.63, 3.8) is 0 Å². The van der Waals surface area contributed by atoms with Crippen molar-refractivity contribution in [2.24, 2.45) is 0 Å². The maximum Gasteiger partial charge on any atom is 0.0661 e. The molecule has 0 aromatic heterocycles. The lowest BCUT2D eigenvalue weighted by Crippen LogP contribution is -2.21. The van der Waals surface area contributed by atoms with Crippen molar-refractivity contribution in [3.8, 4) is 0 Å². The van der Waals surface area contributed by atoms with Crippen LogP contribution in [-0.2, 0) is 11.2 Å². The molecule has 0 saturated heterocycles. The highest BCUT2D eigenvalue weighted by atomic mass is 16.5. The van der Waals surface area contributed by atoms with Crippen molar-refractivity contribution < 1.29 is 4.74 Å². The van der Waals surface area contributed by atoms with Crippen LogP contribution < -0.4 is 5.32 Å². The molecular weight excluding hydrogens is 186 g/mol. The summed E-state index contributed by atoms with van der Waals surface area (Å²) >= 11 is 0. The number of nitrogens with one attached hydrogen (secondary N) is 1. The van der Waals surface area contributed by atoms with Gasteiger partial charge in [-0.05, 0) is 25.0 Å². The SMILES string of the molecule is CCCc1ccccc1N[C@H](C)COC. The highest BCUT2D eigenvalue weighted by Crippen LogP contribution is 2.17. The van der Waals surface area contributed by atoms with Crippen molar-refractivity contribution in [2.75, 3.05) is 19.0 Å². The Kier molecular flexibility index (Phi) is 5.19. The molecule has 0 fully saturated rings. The molecule has 0 amide bonds. The van der Waals surface area contributed by atoms with Gasteiger partial charge in [-0.15, -0.1) is 0 Å². The lowest BCUT2D eigenvalue weighted by Gasteiger charge is -2.17. The van der Waals surface area contributed by atoms with E-state index in [0.29, 0.717) is 6.04 Å². The van der Waals surface area contributed by atoms with E-state index in [4.69, 9.17) is 4.74 Å². The molecule has 15 heavy (non-hydrogen) atoms. The van der Waals surface area contributed by atoms with Gasteiger partial charge in [-0.1, -0.05) is 31.5 Å². The zero-order valence-electron chi connectivity index (χ0n) is 9.92. The fraction of sp³-hybridized carbons (Fsp3) is 0.538. The second-order valence-corrected chi connectivity index (χ2v) is 3.91. The van der Waals surface area contributed by atoms with E-state index >= 15 is 0 Å². The fourth-order valence-corrected chi connectivity index (χ4v) is 1.71. The molecule has 0 unspecified atom stereocenters. The summed E-state index contributed by atoms with van der Waals surface area (Å²) in [5, 5.41) is 3.47. The zero-order valence-corrected chi connectivity index (χ0v) is 9.92. The fourth-order valence-electron chi connectivity index (χ4n) is 1.71. The largest absolute Gasteiger partial charge is 0.383 e. The normalized spacial score (nSPS) is 12.5. The maximum absolute atomic E-state index is 5.11. The summed E-state index contributed by atoms with van der Waals surface area (Å²) in [7, 11) is 1.73. The number of para-hydroxylation sites is 1. The van der Waals surface area contributed by atoms with Crippen molar-refractivity contribution in [1.82, 2.24) is 0 Å². The Balaban J connectivity index is 2.66. The molecule has 1 N–H and O–H groups in total. The Hall–Kier alpha value is -1.02. The van der Waals surface area contributed by atoms with E-state index in [1.165, 1.54) is 17.7 Å². The number of aryl methyl sites for hydroxylation is 1. The van der Waals surface area contributed by atoms with Crippen LogP contribution >= 0.6 is 0 Å². The van der Waals surface area contributed by atoms with Crippen LogP contribution in [0.15, 0.2) is 24.3 Å². The summed E-state index contributed by atoms with van der Waals surface area (Å²) in [5.41, 5.74) is 2.63. The summed E-state index contributed by atoms with van der Waals surface area (Å²) in [6.07, 6.45) is 2.31. The standard InChI is InChI=1S/C13H21NO/c1-4-7-12-8-5-6-9-13(12)14-11(2)10-15-3/h5-6,8-9,11,14H,4,7,10H2,1-3H3/t11-/m1/s1. The molecule has 1 aromatic carbocycles. The topological polar surface area (TPSA) is 21.3 Å². The summed E-state index contributed by atoms with van der Waals surface area (Å²) in [6.45, 7) is 5.07. The van der Waals surface area contributed by atoms with Crippen LogP contribution in [0.4, 0.5) is 5.69 Å². The van der Waals surface area contributed by atoms with Gasteiger partial charge in [0, 0.05) is 18.8 Å². The molecule has 1 rings (SSSR count). The Morgan fingerprint density at radius 3 is 2.73 bits per heavy atom. The van der Waals surface area contributed by atoms with E-state index in [2.05, 4.69) is 43.4 Å². The van der Waals surface area contributed by atoms with Crippen LogP contribution in [0.2, 0.25) is 0 Å². The minimum absolute atomic E-state index is 0.355. The molecule has 1 atom stereocenters. The Morgan fingerprint density at radius 2 is 2.07 bits per heavy atom. The van der Waals surface area contributed by atoms with Crippen LogP contribution in [0, 0.1) is 0 Å². The van der Waals surface area contributed by atoms with E-state index in [-0.39, 0.29) is 0 Å². The van der Waals surface area contributed by atoms with Crippen LogP contribution in [0.1, 0.15) is 25.8 Å². The van der Waals surface area contributed by atoms with Gasteiger partial charge in [0.05, 0.1) is 6.61 Å². The van der Waals surface area contributed by atoms with Gasteiger partial charge in [-0.3, -0.25) is 0 Å². The first-order valence-electron chi connectivity index (χ1n) is 5.61. The molecule has 0 aliphatic rings. The molecule has 0 aliphatic heterocycles. The van der Waals surface area contributed by atoms with Gasteiger partial charge in [-0.25, -0.2) is 0 Å². The Bertz CT molecular complexity index is 286. The first-order chi connectivity index (χ1) is 7.27. The number of methoxy groups -OCH3 is 1. The molecule has 0 saturated carbocycles. The second kappa shape index (κ2) is 6.46. The number of rotatable bonds is 6. The van der Waals surface area contributed by atoms with Gasteiger partial charge in [-0.2, -0.15) is 0 Å². The van der Waals surface area contributed by atoms with E-state index in [1.807, 2.05) is 0 Å². The summed E-state index contributed by atoms with van der Waals surface area (Å²) < 4.78 is 5.11. The molecule has 0 heterocycles. The number of hydrogen-bond acceptors (Lipinski definition) is 2. The molecule has 1 aromatic rings. The molecule has 2 heteroatoms. The highest BCUT2D eigenvalue weighted by molar-refractivity contribution is 5.51. The predicted octanol–water partition coefficient (Wildman–Crippen LogP) is 3.09. The average molecular weight is 207 g/mol. The third-order valence-electron chi connectivity index (χ3n) is 2.36. The monoisotopic (exact) mass is 207 g/mol. The number of ether oxygens (including phenoxy) is 1. The van der Waals surface area contributed by atoms with Crippen molar-refractivity contribution in [3.05, 3.63) is 29.8 Å². The predicted molar refractivity (Wildman–Crippen MR) is 65.4 cm³/mol. The number of anilines is 1. The summed E-state index contributed by atoms with van der Waals surface area (Å²) in [6, 6.07) is 8.84. The van der Waals surface area contributed by atoms with Crippen LogP contribution in [-0.4, -0.2) is 19.8 Å². The third kappa shape index (κ3) is 3.92. The molecule has 2 nitrogen and oxygen atoms in total. The lowest BCUT2D eigenvalue weighted by molar-refractivity contribution is 0.190. The van der Waals surface area contributed by atoms with Crippen LogP contribution in [0.3, 0.4) is 0 Å². The van der Waals surface area contributed by atoms with Gasteiger partial charge in [0.15, 0.2) is 0 Å². The van der Waals surface area contributed by atoms with E-state index in [1.54, 1.807) is 7.11 Å². The van der Waals surface area contributed by atoms with Gasteiger partial charge in [0.2, 0.25) is 0 Å². The van der Waals surface area contributed by atoms with Gasteiger partial charge >= 0.3 is 0 Å². The minimum Gasteiger partial charge on any atom is -0.383 e.